The van der Waals surface area contributed by atoms with Crippen molar-refractivity contribution in [2.75, 3.05) is 13.6 Å². The Kier molecular flexibility index (Phi) is 3.73. The van der Waals surface area contributed by atoms with E-state index in [1.54, 1.807) is 20.9 Å². The first kappa shape index (κ1) is 10.9. The van der Waals surface area contributed by atoms with Gasteiger partial charge in [0, 0.05) is 20.5 Å². The maximum atomic E-state index is 11.2. The molecule has 0 radical (unpaired) electrons. The van der Waals surface area contributed by atoms with Gasteiger partial charge in [-0.15, -0.1) is 0 Å². The van der Waals surface area contributed by atoms with E-state index < -0.39 is 5.41 Å². The van der Waals surface area contributed by atoms with Gasteiger partial charge >= 0.3 is 0 Å². The van der Waals surface area contributed by atoms with Crippen molar-refractivity contribution in [1.82, 2.24) is 10.6 Å². The topological polar surface area (TPSA) is 58.2 Å². The molecule has 12 heavy (non-hydrogen) atoms. The summed E-state index contributed by atoms with van der Waals surface area (Å²) in [5.41, 5.74) is -0.541. The Morgan fingerprint density at radius 1 is 1.33 bits per heavy atom. The van der Waals surface area contributed by atoms with E-state index in [1.807, 2.05) is 0 Å². The van der Waals surface area contributed by atoms with Gasteiger partial charge in [-0.25, -0.2) is 0 Å². The van der Waals surface area contributed by atoms with Crippen molar-refractivity contribution >= 4 is 11.8 Å². The predicted molar refractivity (Wildman–Crippen MR) is 46.5 cm³/mol. The maximum Gasteiger partial charge on any atom is 0.227 e. The summed E-state index contributed by atoms with van der Waals surface area (Å²) in [7, 11) is 1.58. The lowest BCUT2D eigenvalue weighted by Gasteiger charge is -2.22. The first-order valence-corrected chi connectivity index (χ1v) is 3.87. The lowest BCUT2D eigenvalue weighted by Crippen LogP contribution is -2.43. The molecule has 0 aromatic rings. The minimum atomic E-state index is -0.541. The van der Waals surface area contributed by atoms with Crippen LogP contribution in [0.2, 0.25) is 0 Å². The van der Waals surface area contributed by atoms with E-state index in [0.717, 1.165) is 0 Å². The first-order chi connectivity index (χ1) is 5.40. The Labute approximate surface area is 72.7 Å². The number of nitrogens with one attached hydrogen (secondary N) is 2. The highest BCUT2D eigenvalue weighted by Crippen LogP contribution is 2.12. The molecule has 2 amide bonds. The average molecular weight is 172 g/mol. The van der Waals surface area contributed by atoms with Crippen LogP contribution < -0.4 is 10.6 Å². The largest absolute Gasteiger partial charge is 0.359 e. The Morgan fingerprint density at radius 2 is 1.83 bits per heavy atom. The molecule has 0 aliphatic carbocycles. The van der Waals surface area contributed by atoms with E-state index >= 15 is 0 Å². The van der Waals surface area contributed by atoms with Crippen LogP contribution in [-0.4, -0.2) is 25.4 Å². The third kappa shape index (κ3) is 3.37. The van der Waals surface area contributed by atoms with Crippen molar-refractivity contribution < 1.29 is 9.59 Å². The third-order valence-corrected chi connectivity index (χ3v) is 1.62. The summed E-state index contributed by atoms with van der Waals surface area (Å²) in [6.45, 7) is 5.35. The zero-order valence-corrected chi connectivity index (χ0v) is 8.02. The molecule has 0 fully saturated rings. The van der Waals surface area contributed by atoms with Crippen LogP contribution in [-0.2, 0) is 9.59 Å². The fourth-order valence-corrected chi connectivity index (χ4v) is 0.764. The second kappa shape index (κ2) is 4.09. The predicted octanol–water partition coefficient (Wildman–Crippen LogP) is -0.105. The van der Waals surface area contributed by atoms with Crippen LogP contribution in [0.4, 0.5) is 0 Å². The van der Waals surface area contributed by atoms with Gasteiger partial charge in [0.1, 0.15) is 0 Å². The summed E-state index contributed by atoms with van der Waals surface area (Å²) < 4.78 is 0. The smallest absolute Gasteiger partial charge is 0.227 e. The molecular formula is C8H16N2O2. The molecule has 0 unspecified atom stereocenters. The molecule has 0 saturated heterocycles. The zero-order valence-electron chi connectivity index (χ0n) is 8.02. The quantitative estimate of drug-likeness (QED) is 0.624. The van der Waals surface area contributed by atoms with Gasteiger partial charge in [0.05, 0.1) is 5.41 Å². The molecule has 0 atom stereocenters. The van der Waals surface area contributed by atoms with Crippen LogP contribution in [0, 0.1) is 5.41 Å². The molecule has 0 aliphatic heterocycles. The average Bonchev–Trinajstić information content (AvgIpc) is 1.99. The highest BCUT2D eigenvalue weighted by Gasteiger charge is 2.26. The van der Waals surface area contributed by atoms with Gasteiger partial charge in [0.25, 0.3) is 0 Å². The molecule has 2 N–H and O–H groups in total. The van der Waals surface area contributed by atoms with Crippen LogP contribution in [0.25, 0.3) is 0 Å². The Bertz CT molecular complexity index is 187. The fraction of sp³-hybridized carbons (Fsp3) is 0.750. The van der Waals surface area contributed by atoms with E-state index in [0.29, 0.717) is 6.54 Å². The summed E-state index contributed by atoms with van der Waals surface area (Å²) in [5.74, 6) is -0.191. The second-order valence-corrected chi connectivity index (χ2v) is 3.37. The van der Waals surface area contributed by atoms with Crippen LogP contribution in [0.1, 0.15) is 20.8 Å². The van der Waals surface area contributed by atoms with Crippen LogP contribution >= 0.6 is 0 Å². The van der Waals surface area contributed by atoms with Crippen molar-refractivity contribution in [3.63, 3.8) is 0 Å². The second-order valence-electron chi connectivity index (χ2n) is 3.37. The van der Waals surface area contributed by atoms with Gasteiger partial charge in [-0.1, -0.05) is 0 Å². The van der Waals surface area contributed by atoms with Gasteiger partial charge in [0.2, 0.25) is 11.8 Å². The van der Waals surface area contributed by atoms with E-state index in [4.69, 9.17) is 0 Å². The molecule has 0 saturated carbocycles. The van der Waals surface area contributed by atoms with Crippen LogP contribution in [0.15, 0.2) is 0 Å². The summed E-state index contributed by atoms with van der Waals surface area (Å²) in [5, 5.41) is 5.14. The van der Waals surface area contributed by atoms with Gasteiger partial charge in [-0.05, 0) is 13.8 Å². The Balaban J connectivity index is 4.03. The minimum absolute atomic E-state index is 0.0729. The highest BCUT2D eigenvalue weighted by molar-refractivity contribution is 5.82. The molecule has 0 spiro atoms. The molecule has 0 aromatic carbocycles. The number of carbonyl (C=O) groups excluding carboxylic acids is 2. The van der Waals surface area contributed by atoms with Gasteiger partial charge in [-0.2, -0.15) is 0 Å². The van der Waals surface area contributed by atoms with E-state index in [9.17, 15) is 9.59 Å². The zero-order chi connectivity index (χ0) is 9.78. The molecule has 0 heterocycles. The number of amides is 2. The number of carbonyl (C=O) groups is 2. The van der Waals surface area contributed by atoms with Crippen molar-refractivity contribution in [2.24, 2.45) is 5.41 Å². The summed E-state index contributed by atoms with van der Waals surface area (Å²) >= 11 is 0. The Hall–Kier alpha value is -1.06. The SMILES string of the molecule is CNC(=O)C(C)(C)CNC(C)=O. The van der Waals surface area contributed by atoms with Crippen molar-refractivity contribution in [3.8, 4) is 0 Å². The fourth-order valence-electron chi connectivity index (χ4n) is 0.764. The molecule has 70 valence electrons. The molecule has 0 aliphatic rings. The maximum absolute atomic E-state index is 11.2. The minimum Gasteiger partial charge on any atom is -0.359 e. The highest BCUT2D eigenvalue weighted by atomic mass is 16.2. The molecule has 0 rings (SSSR count). The molecule has 4 nitrogen and oxygen atoms in total. The number of hydrogen-bond donors (Lipinski definition) is 2. The monoisotopic (exact) mass is 172 g/mol. The van der Waals surface area contributed by atoms with Gasteiger partial charge in [-0.3, -0.25) is 9.59 Å². The number of hydrogen-bond acceptors (Lipinski definition) is 2. The molecular weight excluding hydrogens is 156 g/mol. The number of rotatable bonds is 3. The van der Waals surface area contributed by atoms with Crippen LogP contribution in [0.5, 0.6) is 0 Å². The first-order valence-electron chi connectivity index (χ1n) is 3.87. The van der Waals surface area contributed by atoms with E-state index in [2.05, 4.69) is 10.6 Å². The summed E-state index contributed by atoms with van der Waals surface area (Å²) in [6.07, 6.45) is 0. The molecule has 4 heteroatoms. The van der Waals surface area contributed by atoms with E-state index in [-0.39, 0.29) is 11.8 Å². The lowest BCUT2D eigenvalue weighted by atomic mass is 9.92. The molecule has 0 bridgehead atoms. The van der Waals surface area contributed by atoms with Crippen molar-refractivity contribution in [2.45, 2.75) is 20.8 Å². The Morgan fingerprint density at radius 3 is 2.17 bits per heavy atom. The van der Waals surface area contributed by atoms with Gasteiger partial charge < -0.3 is 10.6 Å². The van der Waals surface area contributed by atoms with Crippen molar-refractivity contribution in [3.05, 3.63) is 0 Å². The van der Waals surface area contributed by atoms with E-state index in [1.165, 1.54) is 6.92 Å². The lowest BCUT2D eigenvalue weighted by molar-refractivity contribution is -0.129. The van der Waals surface area contributed by atoms with Crippen LogP contribution in [0.3, 0.4) is 0 Å². The standard InChI is InChI=1S/C8H16N2O2/c1-6(11)10-5-8(2,3)7(12)9-4/h5H2,1-4H3,(H,9,12)(H,10,11). The third-order valence-electron chi connectivity index (χ3n) is 1.62. The van der Waals surface area contributed by atoms with Gasteiger partial charge in [0.15, 0.2) is 0 Å². The normalized spacial score (nSPS) is 10.7. The molecule has 0 aromatic heterocycles. The summed E-state index contributed by atoms with van der Waals surface area (Å²) in [4.78, 5) is 21.7. The van der Waals surface area contributed by atoms with Crippen molar-refractivity contribution in [1.29, 1.82) is 0 Å². The summed E-state index contributed by atoms with van der Waals surface area (Å²) in [6, 6.07) is 0.